The summed E-state index contributed by atoms with van der Waals surface area (Å²) >= 11 is 0. The molecule has 25 heavy (non-hydrogen) atoms. The summed E-state index contributed by atoms with van der Waals surface area (Å²) in [7, 11) is 2.95. The molecule has 3 heterocycles. The fourth-order valence-corrected chi connectivity index (χ4v) is 2.48. The molecule has 0 atom stereocenters. The predicted molar refractivity (Wildman–Crippen MR) is 91.2 cm³/mol. The second kappa shape index (κ2) is 6.35. The molecule has 0 aliphatic heterocycles. The zero-order valence-electron chi connectivity index (χ0n) is 14.4. The van der Waals surface area contributed by atoms with Crippen molar-refractivity contribution in [1.29, 1.82) is 0 Å². The Labute approximate surface area is 143 Å². The predicted octanol–water partition coefficient (Wildman–Crippen LogP) is 2.51. The zero-order valence-corrected chi connectivity index (χ0v) is 14.4. The molecular formula is C18H17N3O4. The molecule has 128 valence electrons. The van der Waals surface area contributed by atoms with E-state index in [4.69, 9.17) is 9.15 Å². The van der Waals surface area contributed by atoms with Gasteiger partial charge in [-0.15, -0.1) is 0 Å². The van der Waals surface area contributed by atoms with Gasteiger partial charge in [0.2, 0.25) is 0 Å². The molecule has 7 heteroatoms. The molecule has 0 N–H and O–H groups in total. The highest BCUT2D eigenvalue weighted by Gasteiger charge is 2.20. The van der Waals surface area contributed by atoms with Crippen LogP contribution in [-0.2, 0) is 11.8 Å². The number of rotatable bonds is 3. The molecule has 0 aliphatic carbocycles. The molecule has 0 amide bonds. The molecule has 0 aliphatic rings. The van der Waals surface area contributed by atoms with Crippen LogP contribution >= 0.6 is 0 Å². The first-order chi connectivity index (χ1) is 11.9. The van der Waals surface area contributed by atoms with Crippen molar-refractivity contribution >= 4 is 5.97 Å². The Morgan fingerprint density at radius 1 is 1.16 bits per heavy atom. The monoisotopic (exact) mass is 339 g/mol. The molecule has 0 saturated heterocycles. The van der Waals surface area contributed by atoms with Crippen molar-refractivity contribution in [1.82, 2.24) is 14.5 Å². The Kier molecular flexibility index (Phi) is 4.22. The number of carbonyl (C=O) groups is 1. The standard InChI is InChI=1S/C18H17N3O4/c1-10-7-13(9-25-10)17-16(12-5-6-21(3)14(22)8-12)20-15(11(2)19-17)18(23)24-4/h5-9H,1-4H3. The average Bonchev–Trinajstić information content (AvgIpc) is 3.03. The van der Waals surface area contributed by atoms with Crippen molar-refractivity contribution in [3.05, 3.63) is 58.2 Å². The van der Waals surface area contributed by atoms with Gasteiger partial charge in [0.05, 0.1) is 18.5 Å². The minimum Gasteiger partial charge on any atom is -0.469 e. The third kappa shape index (κ3) is 3.08. The maximum absolute atomic E-state index is 12.0. The topological polar surface area (TPSA) is 87.2 Å². The van der Waals surface area contributed by atoms with Gasteiger partial charge in [-0.1, -0.05) is 0 Å². The summed E-state index contributed by atoms with van der Waals surface area (Å²) in [5, 5.41) is 0. The summed E-state index contributed by atoms with van der Waals surface area (Å²) in [5.41, 5.74) is 2.61. The van der Waals surface area contributed by atoms with Crippen LogP contribution in [0.1, 0.15) is 21.9 Å². The quantitative estimate of drug-likeness (QED) is 0.681. The maximum atomic E-state index is 12.0. The van der Waals surface area contributed by atoms with Crippen LogP contribution in [0.3, 0.4) is 0 Å². The number of carbonyl (C=O) groups excluding carboxylic acids is 1. The number of pyridine rings is 1. The van der Waals surface area contributed by atoms with E-state index < -0.39 is 5.97 Å². The van der Waals surface area contributed by atoms with Gasteiger partial charge in [0.1, 0.15) is 17.7 Å². The summed E-state index contributed by atoms with van der Waals surface area (Å²) in [5.74, 6) is 0.145. The van der Waals surface area contributed by atoms with Crippen molar-refractivity contribution in [2.24, 2.45) is 7.05 Å². The third-order valence-electron chi connectivity index (χ3n) is 3.83. The number of nitrogens with zero attached hydrogens (tertiary/aromatic N) is 3. The highest BCUT2D eigenvalue weighted by atomic mass is 16.5. The molecule has 3 rings (SSSR count). The van der Waals surface area contributed by atoms with E-state index in [1.54, 1.807) is 32.5 Å². The van der Waals surface area contributed by atoms with E-state index >= 15 is 0 Å². The first-order valence-corrected chi connectivity index (χ1v) is 7.60. The van der Waals surface area contributed by atoms with Crippen molar-refractivity contribution in [3.8, 4) is 22.5 Å². The molecule has 3 aromatic rings. The Bertz CT molecular complexity index is 1020. The Hall–Kier alpha value is -3.22. The Morgan fingerprint density at radius 3 is 2.48 bits per heavy atom. The summed E-state index contributed by atoms with van der Waals surface area (Å²) in [6, 6.07) is 5.03. The molecule has 0 radical (unpaired) electrons. The van der Waals surface area contributed by atoms with Crippen LogP contribution in [0.2, 0.25) is 0 Å². The summed E-state index contributed by atoms with van der Waals surface area (Å²) in [4.78, 5) is 33.0. The van der Waals surface area contributed by atoms with Gasteiger partial charge in [-0.05, 0) is 26.0 Å². The lowest BCUT2D eigenvalue weighted by atomic mass is 10.1. The first kappa shape index (κ1) is 16.6. The number of hydrogen-bond acceptors (Lipinski definition) is 6. The molecule has 0 spiro atoms. The van der Waals surface area contributed by atoms with Crippen LogP contribution in [0, 0.1) is 13.8 Å². The van der Waals surface area contributed by atoms with Crippen LogP contribution in [0.4, 0.5) is 0 Å². The van der Waals surface area contributed by atoms with Gasteiger partial charge in [-0.25, -0.2) is 14.8 Å². The van der Waals surface area contributed by atoms with Crippen LogP contribution in [-0.4, -0.2) is 27.6 Å². The molecule has 7 nitrogen and oxygen atoms in total. The normalized spacial score (nSPS) is 10.7. The second-order valence-corrected chi connectivity index (χ2v) is 5.66. The fourth-order valence-electron chi connectivity index (χ4n) is 2.48. The van der Waals surface area contributed by atoms with Gasteiger partial charge in [0.25, 0.3) is 5.56 Å². The Morgan fingerprint density at radius 2 is 1.88 bits per heavy atom. The lowest BCUT2D eigenvalue weighted by Gasteiger charge is -2.11. The largest absolute Gasteiger partial charge is 0.469 e. The number of hydrogen-bond donors (Lipinski definition) is 0. The number of aromatic nitrogens is 3. The number of methoxy groups -OCH3 is 1. The Balaban J connectivity index is 2.30. The van der Waals surface area contributed by atoms with Crippen LogP contribution in [0.15, 0.2) is 39.9 Å². The maximum Gasteiger partial charge on any atom is 0.358 e. The number of furan rings is 1. The molecule has 0 bridgehead atoms. The molecule has 0 unspecified atom stereocenters. The van der Waals surface area contributed by atoms with Gasteiger partial charge in [-0.2, -0.15) is 0 Å². The number of aryl methyl sites for hydroxylation is 3. The van der Waals surface area contributed by atoms with E-state index in [1.165, 1.54) is 17.7 Å². The fraction of sp³-hybridized carbons (Fsp3) is 0.222. The summed E-state index contributed by atoms with van der Waals surface area (Å²) in [6.07, 6.45) is 3.21. The SMILES string of the molecule is COC(=O)c1nc(-c2ccn(C)c(=O)c2)c(-c2coc(C)c2)nc1C. The van der Waals surface area contributed by atoms with E-state index in [2.05, 4.69) is 9.97 Å². The van der Waals surface area contributed by atoms with E-state index in [1.807, 2.05) is 13.0 Å². The van der Waals surface area contributed by atoms with Crippen LogP contribution in [0.5, 0.6) is 0 Å². The van der Waals surface area contributed by atoms with Gasteiger partial charge in [0, 0.05) is 30.4 Å². The van der Waals surface area contributed by atoms with Crippen molar-refractivity contribution in [3.63, 3.8) is 0 Å². The highest BCUT2D eigenvalue weighted by molar-refractivity contribution is 5.90. The number of esters is 1. The van der Waals surface area contributed by atoms with Crippen molar-refractivity contribution in [2.45, 2.75) is 13.8 Å². The summed E-state index contributed by atoms with van der Waals surface area (Å²) in [6.45, 7) is 3.51. The van der Waals surface area contributed by atoms with E-state index in [0.29, 0.717) is 22.6 Å². The minimum absolute atomic E-state index is 0.113. The van der Waals surface area contributed by atoms with Crippen molar-refractivity contribution in [2.75, 3.05) is 7.11 Å². The lowest BCUT2D eigenvalue weighted by Crippen LogP contribution is -2.15. The van der Waals surface area contributed by atoms with Gasteiger partial charge in [-0.3, -0.25) is 4.79 Å². The highest BCUT2D eigenvalue weighted by Crippen LogP contribution is 2.30. The minimum atomic E-state index is -0.579. The molecule has 0 fully saturated rings. The molecule has 0 saturated carbocycles. The van der Waals surface area contributed by atoms with Crippen LogP contribution in [0.25, 0.3) is 22.5 Å². The summed E-state index contributed by atoms with van der Waals surface area (Å²) < 4.78 is 11.6. The second-order valence-electron chi connectivity index (χ2n) is 5.66. The number of ether oxygens (including phenoxy) is 1. The van der Waals surface area contributed by atoms with Gasteiger partial charge in [0.15, 0.2) is 5.69 Å². The molecular weight excluding hydrogens is 322 g/mol. The molecule has 0 aromatic carbocycles. The van der Waals surface area contributed by atoms with Gasteiger partial charge >= 0.3 is 5.97 Å². The average molecular weight is 339 g/mol. The third-order valence-corrected chi connectivity index (χ3v) is 3.83. The van der Waals surface area contributed by atoms with Crippen LogP contribution < -0.4 is 5.56 Å². The van der Waals surface area contributed by atoms with E-state index in [-0.39, 0.29) is 11.3 Å². The van der Waals surface area contributed by atoms with Crippen molar-refractivity contribution < 1.29 is 13.9 Å². The van der Waals surface area contributed by atoms with Gasteiger partial charge < -0.3 is 13.7 Å². The van der Waals surface area contributed by atoms with E-state index in [9.17, 15) is 9.59 Å². The smallest absolute Gasteiger partial charge is 0.358 e. The molecule has 3 aromatic heterocycles. The van der Waals surface area contributed by atoms with E-state index in [0.717, 1.165) is 11.3 Å². The first-order valence-electron chi connectivity index (χ1n) is 7.60. The lowest BCUT2D eigenvalue weighted by molar-refractivity contribution is 0.0592. The zero-order chi connectivity index (χ0) is 18.1.